The SMILES string of the molecule is COc1ccc2c(c1)C(O)CCN2C(=O)NS(=O)(=O)c1ccc(C)cc1. The number of urea groups is 1. The summed E-state index contributed by atoms with van der Waals surface area (Å²) in [6.07, 6.45) is -0.434. The molecule has 2 aromatic rings. The van der Waals surface area contributed by atoms with Gasteiger partial charge in [-0.05, 0) is 43.7 Å². The van der Waals surface area contributed by atoms with Crippen LogP contribution in [0, 0.1) is 6.92 Å². The molecule has 0 spiro atoms. The Morgan fingerprint density at radius 3 is 2.58 bits per heavy atom. The summed E-state index contributed by atoms with van der Waals surface area (Å²) in [5.74, 6) is 0.553. The van der Waals surface area contributed by atoms with E-state index in [-0.39, 0.29) is 11.4 Å². The number of fused-ring (bicyclic) bond motifs is 1. The third-order valence-electron chi connectivity index (χ3n) is 4.31. The summed E-state index contributed by atoms with van der Waals surface area (Å²) >= 11 is 0. The summed E-state index contributed by atoms with van der Waals surface area (Å²) in [7, 11) is -2.47. The molecule has 1 aliphatic heterocycles. The van der Waals surface area contributed by atoms with Gasteiger partial charge in [0.15, 0.2) is 0 Å². The fourth-order valence-corrected chi connectivity index (χ4v) is 3.81. The Balaban J connectivity index is 1.87. The second-order valence-electron chi connectivity index (χ2n) is 6.10. The predicted octanol–water partition coefficient (Wildman–Crippen LogP) is 2.35. The number of aryl methyl sites for hydroxylation is 1. The molecule has 2 amide bonds. The zero-order chi connectivity index (χ0) is 18.9. The fraction of sp³-hybridized carbons (Fsp3) is 0.278. The van der Waals surface area contributed by atoms with Crippen LogP contribution in [0.1, 0.15) is 23.7 Å². The van der Waals surface area contributed by atoms with Crippen LogP contribution in [0.4, 0.5) is 10.5 Å². The minimum Gasteiger partial charge on any atom is -0.497 e. The van der Waals surface area contributed by atoms with Gasteiger partial charge in [0.2, 0.25) is 0 Å². The number of rotatable bonds is 3. The maximum absolute atomic E-state index is 12.6. The Bertz CT molecular complexity index is 925. The minimum absolute atomic E-state index is 0.0171. The number of carbonyl (C=O) groups excluding carboxylic acids is 1. The van der Waals surface area contributed by atoms with Crippen LogP contribution in [0.2, 0.25) is 0 Å². The van der Waals surface area contributed by atoms with Gasteiger partial charge in [-0.15, -0.1) is 0 Å². The first kappa shape index (κ1) is 18.2. The first-order valence-corrected chi connectivity index (χ1v) is 9.57. The van der Waals surface area contributed by atoms with Crippen molar-refractivity contribution < 1.29 is 23.1 Å². The zero-order valence-corrected chi connectivity index (χ0v) is 15.3. The number of hydrogen-bond donors (Lipinski definition) is 2. The summed E-state index contributed by atoms with van der Waals surface area (Å²) < 4.78 is 32.1. The number of aliphatic hydroxyl groups excluding tert-OH is 1. The van der Waals surface area contributed by atoms with Crippen molar-refractivity contribution in [3.63, 3.8) is 0 Å². The van der Waals surface area contributed by atoms with Crippen molar-refractivity contribution >= 4 is 21.7 Å². The number of sulfonamides is 1. The lowest BCUT2D eigenvalue weighted by molar-refractivity contribution is 0.164. The summed E-state index contributed by atoms with van der Waals surface area (Å²) in [6.45, 7) is 2.05. The summed E-state index contributed by atoms with van der Waals surface area (Å²) in [4.78, 5) is 13.9. The van der Waals surface area contributed by atoms with E-state index < -0.39 is 22.2 Å². The zero-order valence-electron chi connectivity index (χ0n) is 14.5. The summed E-state index contributed by atoms with van der Waals surface area (Å²) in [5, 5.41) is 10.2. The molecule has 1 unspecified atom stereocenters. The molecule has 1 atom stereocenters. The van der Waals surface area contributed by atoms with Crippen LogP contribution in [0.15, 0.2) is 47.4 Å². The van der Waals surface area contributed by atoms with Gasteiger partial charge in [-0.1, -0.05) is 17.7 Å². The van der Waals surface area contributed by atoms with Gasteiger partial charge in [-0.25, -0.2) is 17.9 Å². The van der Waals surface area contributed by atoms with Crippen LogP contribution >= 0.6 is 0 Å². The molecule has 0 aromatic heterocycles. The van der Waals surface area contributed by atoms with Crippen molar-refractivity contribution in [2.75, 3.05) is 18.6 Å². The van der Waals surface area contributed by atoms with Gasteiger partial charge in [0, 0.05) is 12.1 Å². The van der Waals surface area contributed by atoms with Crippen LogP contribution in [-0.4, -0.2) is 33.2 Å². The molecule has 0 aliphatic carbocycles. The number of aliphatic hydroxyl groups is 1. The molecule has 3 rings (SSSR count). The molecule has 0 radical (unpaired) electrons. The first-order chi connectivity index (χ1) is 12.3. The molecular weight excluding hydrogens is 356 g/mol. The monoisotopic (exact) mass is 376 g/mol. The maximum atomic E-state index is 12.6. The minimum atomic E-state index is -3.98. The molecule has 0 fully saturated rings. The van der Waals surface area contributed by atoms with Crippen molar-refractivity contribution in [1.29, 1.82) is 0 Å². The molecule has 1 aliphatic rings. The molecule has 26 heavy (non-hydrogen) atoms. The van der Waals surface area contributed by atoms with Gasteiger partial charge in [0.05, 0.1) is 23.8 Å². The highest BCUT2D eigenvalue weighted by Gasteiger charge is 2.30. The van der Waals surface area contributed by atoms with Crippen molar-refractivity contribution in [1.82, 2.24) is 4.72 Å². The van der Waals surface area contributed by atoms with Crippen LogP contribution < -0.4 is 14.4 Å². The van der Waals surface area contributed by atoms with Gasteiger partial charge in [0.1, 0.15) is 5.75 Å². The van der Waals surface area contributed by atoms with E-state index in [2.05, 4.69) is 4.72 Å². The third kappa shape index (κ3) is 3.51. The number of nitrogens with one attached hydrogen (secondary N) is 1. The summed E-state index contributed by atoms with van der Waals surface area (Å²) in [5.41, 5.74) is 1.91. The second-order valence-corrected chi connectivity index (χ2v) is 7.79. The maximum Gasteiger partial charge on any atom is 0.335 e. The standard InChI is InChI=1S/C18H20N2O5S/c1-12-3-6-14(7-4-12)26(23,24)19-18(22)20-10-9-17(21)15-11-13(25-2)5-8-16(15)20/h3-8,11,17,21H,9-10H2,1-2H3,(H,19,22). The number of nitrogens with zero attached hydrogens (tertiary/aromatic N) is 1. The topological polar surface area (TPSA) is 95.9 Å². The third-order valence-corrected chi connectivity index (χ3v) is 5.64. The van der Waals surface area contributed by atoms with E-state index in [4.69, 9.17) is 4.74 Å². The second kappa shape index (κ2) is 6.97. The number of carbonyl (C=O) groups is 1. The number of anilines is 1. The molecule has 1 heterocycles. The number of benzene rings is 2. The molecule has 2 N–H and O–H groups in total. The first-order valence-electron chi connectivity index (χ1n) is 8.09. The largest absolute Gasteiger partial charge is 0.497 e. The van der Waals surface area contributed by atoms with Gasteiger partial charge < -0.3 is 9.84 Å². The number of ether oxygens (including phenoxy) is 1. The quantitative estimate of drug-likeness (QED) is 0.857. The van der Waals surface area contributed by atoms with E-state index in [1.54, 1.807) is 30.3 Å². The van der Waals surface area contributed by atoms with Crippen molar-refractivity contribution in [2.45, 2.75) is 24.3 Å². The van der Waals surface area contributed by atoms with Crippen LogP contribution in [0.5, 0.6) is 5.75 Å². The highest BCUT2D eigenvalue weighted by molar-refractivity contribution is 7.90. The van der Waals surface area contributed by atoms with Crippen LogP contribution in [-0.2, 0) is 10.0 Å². The molecule has 0 bridgehead atoms. The molecule has 0 saturated carbocycles. The average molecular weight is 376 g/mol. The van der Waals surface area contributed by atoms with E-state index >= 15 is 0 Å². The number of amides is 2. The van der Waals surface area contributed by atoms with Crippen molar-refractivity contribution in [3.05, 3.63) is 53.6 Å². The summed E-state index contributed by atoms with van der Waals surface area (Å²) in [6, 6.07) is 10.4. The van der Waals surface area contributed by atoms with E-state index in [1.165, 1.54) is 24.1 Å². The van der Waals surface area contributed by atoms with Crippen molar-refractivity contribution in [3.8, 4) is 5.75 Å². The van der Waals surface area contributed by atoms with Gasteiger partial charge in [0.25, 0.3) is 10.0 Å². The van der Waals surface area contributed by atoms with Crippen LogP contribution in [0.3, 0.4) is 0 Å². The Morgan fingerprint density at radius 2 is 1.92 bits per heavy atom. The van der Waals surface area contributed by atoms with Crippen LogP contribution in [0.25, 0.3) is 0 Å². The van der Waals surface area contributed by atoms with Crippen molar-refractivity contribution in [2.24, 2.45) is 0 Å². The van der Waals surface area contributed by atoms with E-state index in [0.29, 0.717) is 23.4 Å². The normalized spacial score (nSPS) is 16.7. The lowest BCUT2D eigenvalue weighted by Gasteiger charge is -2.32. The number of hydrogen-bond acceptors (Lipinski definition) is 5. The highest BCUT2D eigenvalue weighted by atomic mass is 32.2. The number of methoxy groups -OCH3 is 1. The Kier molecular flexibility index (Phi) is 4.88. The Hall–Kier alpha value is -2.58. The smallest absolute Gasteiger partial charge is 0.335 e. The predicted molar refractivity (Wildman–Crippen MR) is 96.8 cm³/mol. The van der Waals surface area contributed by atoms with E-state index in [0.717, 1.165) is 5.56 Å². The Morgan fingerprint density at radius 1 is 1.23 bits per heavy atom. The van der Waals surface area contributed by atoms with E-state index in [1.807, 2.05) is 6.92 Å². The molecular formula is C18H20N2O5S. The molecule has 8 heteroatoms. The highest BCUT2D eigenvalue weighted by Crippen LogP contribution is 2.36. The fourth-order valence-electron chi connectivity index (χ4n) is 2.86. The average Bonchev–Trinajstić information content (AvgIpc) is 2.61. The van der Waals surface area contributed by atoms with Gasteiger partial charge in [-0.2, -0.15) is 0 Å². The molecule has 138 valence electrons. The molecule has 7 nitrogen and oxygen atoms in total. The van der Waals surface area contributed by atoms with Gasteiger partial charge >= 0.3 is 6.03 Å². The lowest BCUT2D eigenvalue weighted by atomic mass is 9.99. The lowest BCUT2D eigenvalue weighted by Crippen LogP contribution is -2.45. The molecule has 2 aromatic carbocycles. The van der Waals surface area contributed by atoms with Gasteiger partial charge in [-0.3, -0.25) is 4.90 Å². The molecule has 0 saturated heterocycles. The van der Waals surface area contributed by atoms with E-state index in [9.17, 15) is 18.3 Å². The Labute approximate surface area is 152 Å².